The maximum absolute atomic E-state index is 5.89. The third-order valence-corrected chi connectivity index (χ3v) is 3.16. The molecule has 0 amide bonds. The van der Waals surface area contributed by atoms with E-state index in [0.717, 1.165) is 5.69 Å². The van der Waals surface area contributed by atoms with E-state index >= 15 is 0 Å². The fourth-order valence-electron chi connectivity index (χ4n) is 2.45. The predicted octanol–water partition coefficient (Wildman–Crippen LogP) is 1.50. The molecule has 0 unspecified atom stereocenters. The van der Waals surface area contributed by atoms with Crippen molar-refractivity contribution in [1.29, 1.82) is 0 Å². The minimum Gasteiger partial charge on any atom is -0.381 e. The Bertz CT molecular complexity index is 769. The van der Waals surface area contributed by atoms with Crippen molar-refractivity contribution in [3.05, 3.63) is 46.8 Å². The standard InChI is InChI=1S/C14H16N6/c1-8-3-9(2)5-10(4-8)6-11-7-20-13(12(15)17-11)18-19-14(20)16/h3-5,7H,6H2,1-2H3,(H2,15,17)(H2,16,19). The molecule has 4 N–H and O–H groups in total. The number of benzene rings is 1. The third kappa shape index (κ3) is 2.16. The first-order chi connectivity index (χ1) is 9.52. The molecule has 0 saturated heterocycles. The van der Waals surface area contributed by atoms with Crippen molar-refractivity contribution in [3.63, 3.8) is 0 Å². The average molecular weight is 268 g/mol. The number of aromatic nitrogens is 4. The molecule has 0 radical (unpaired) electrons. The van der Waals surface area contributed by atoms with Crippen LogP contribution in [0.5, 0.6) is 0 Å². The third-order valence-electron chi connectivity index (χ3n) is 3.16. The molecular weight excluding hydrogens is 252 g/mol. The van der Waals surface area contributed by atoms with Crippen molar-refractivity contribution in [3.8, 4) is 0 Å². The van der Waals surface area contributed by atoms with E-state index in [9.17, 15) is 0 Å². The van der Waals surface area contributed by atoms with Gasteiger partial charge in [-0.3, -0.25) is 4.40 Å². The van der Waals surface area contributed by atoms with Gasteiger partial charge in [-0.05, 0) is 19.4 Å². The summed E-state index contributed by atoms with van der Waals surface area (Å²) in [6.07, 6.45) is 2.53. The van der Waals surface area contributed by atoms with Crippen LogP contribution in [0.3, 0.4) is 0 Å². The van der Waals surface area contributed by atoms with Gasteiger partial charge in [-0.15, -0.1) is 10.2 Å². The Labute approximate surface area is 116 Å². The highest BCUT2D eigenvalue weighted by Crippen LogP contribution is 2.16. The first-order valence-corrected chi connectivity index (χ1v) is 6.36. The van der Waals surface area contributed by atoms with Gasteiger partial charge in [-0.25, -0.2) is 4.98 Å². The summed E-state index contributed by atoms with van der Waals surface area (Å²) in [5, 5.41) is 7.70. The zero-order chi connectivity index (χ0) is 14.3. The van der Waals surface area contributed by atoms with Crippen LogP contribution in [0.1, 0.15) is 22.4 Å². The first kappa shape index (κ1) is 12.4. The van der Waals surface area contributed by atoms with E-state index in [4.69, 9.17) is 11.5 Å². The van der Waals surface area contributed by atoms with Gasteiger partial charge in [0.05, 0.1) is 5.69 Å². The van der Waals surface area contributed by atoms with Crippen molar-refractivity contribution in [2.24, 2.45) is 0 Å². The highest BCUT2D eigenvalue weighted by molar-refractivity contribution is 5.61. The minimum absolute atomic E-state index is 0.316. The molecule has 0 bridgehead atoms. The Hall–Kier alpha value is -2.63. The Morgan fingerprint density at radius 3 is 2.45 bits per heavy atom. The summed E-state index contributed by atoms with van der Waals surface area (Å²) in [5.41, 5.74) is 16.7. The van der Waals surface area contributed by atoms with Crippen LogP contribution in [-0.4, -0.2) is 19.6 Å². The van der Waals surface area contributed by atoms with E-state index in [1.54, 1.807) is 4.40 Å². The molecule has 0 aliphatic heterocycles. The molecule has 2 aromatic heterocycles. The van der Waals surface area contributed by atoms with Gasteiger partial charge in [0.25, 0.3) is 0 Å². The number of nitrogen functional groups attached to an aromatic ring is 2. The Morgan fingerprint density at radius 2 is 1.75 bits per heavy atom. The number of hydrogen-bond donors (Lipinski definition) is 2. The van der Waals surface area contributed by atoms with E-state index in [0.29, 0.717) is 23.8 Å². The fourth-order valence-corrected chi connectivity index (χ4v) is 2.45. The highest BCUT2D eigenvalue weighted by atomic mass is 15.3. The van der Waals surface area contributed by atoms with Crippen molar-refractivity contribution < 1.29 is 0 Å². The van der Waals surface area contributed by atoms with E-state index in [-0.39, 0.29) is 0 Å². The molecule has 2 heterocycles. The lowest BCUT2D eigenvalue weighted by Gasteiger charge is -2.07. The van der Waals surface area contributed by atoms with E-state index < -0.39 is 0 Å². The summed E-state index contributed by atoms with van der Waals surface area (Å²) in [6, 6.07) is 6.43. The number of nitrogens with zero attached hydrogens (tertiary/aromatic N) is 4. The SMILES string of the molecule is Cc1cc(C)cc(Cc2cn3c(N)nnc3c(N)n2)c1. The minimum atomic E-state index is 0.316. The van der Waals surface area contributed by atoms with Gasteiger partial charge in [-0.2, -0.15) is 0 Å². The topological polar surface area (TPSA) is 95.1 Å². The van der Waals surface area contributed by atoms with Crippen LogP contribution < -0.4 is 11.5 Å². The monoisotopic (exact) mass is 268 g/mol. The summed E-state index contributed by atoms with van der Waals surface area (Å²) >= 11 is 0. The average Bonchev–Trinajstić information content (AvgIpc) is 2.70. The van der Waals surface area contributed by atoms with Gasteiger partial charge < -0.3 is 11.5 Å². The molecule has 0 fully saturated rings. The summed E-state index contributed by atoms with van der Waals surface area (Å²) in [6.45, 7) is 4.17. The van der Waals surface area contributed by atoms with Crippen LogP contribution in [-0.2, 0) is 6.42 Å². The number of hydrogen-bond acceptors (Lipinski definition) is 5. The quantitative estimate of drug-likeness (QED) is 0.734. The van der Waals surface area contributed by atoms with Gasteiger partial charge in [0.2, 0.25) is 11.6 Å². The van der Waals surface area contributed by atoms with Crippen molar-refractivity contribution >= 4 is 17.4 Å². The Morgan fingerprint density at radius 1 is 1.05 bits per heavy atom. The highest BCUT2D eigenvalue weighted by Gasteiger charge is 2.09. The first-order valence-electron chi connectivity index (χ1n) is 6.36. The summed E-state index contributed by atoms with van der Waals surface area (Å²) in [7, 11) is 0. The second kappa shape index (κ2) is 4.48. The lowest BCUT2D eigenvalue weighted by molar-refractivity contribution is 1.01. The van der Waals surface area contributed by atoms with Crippen LogP contribution in [0.4, 0.5) is 11.8 Å². The lowest BCUT2D eigenvalue weighted by atomic mass is 10.0. The molecule has 6 heteroatoms. The van der Waals surface area contributed by atoms with Crippen LogP contribution in [0.25, 0.3) is 5.65 Å². The molecule has 0 atom stereocenters. The molecule has 1 aromatic carbocycles. The van der Waals surface area contributed by atoms with E-state index in [1.165, 1.54) is 16.7 Å². The molecule has 0 aliphatic rings. The molecule has 20 heavy (non-hydrogen) atoms. The van der Waals surface area contributed by atoms with Gasteiger partial charge >= 0.3 is 0 Å². The van der Waals surface area contributed by atoms with Crippen LogP contribution >= 0.6 is 0 Å². The van der Waals surface area contributed by atoms with Gasteiger partial charge in [0, 0.05) is 12.6 Å². The molecule has 6 nitrogen and oxygen atoms in total. The maximum atomic E-state index is 5.89. The smallest absolute Gasteiger partial charge is 0.226 e. The summed E-state index contributed by atoms with van der Waals surface area (Å²) in [4.78, 5) is 4.37. The molecule has 3 aromatic rings. The fraction of sp³-hybridized carbons (Fsp3) is 0.214. The number of aryl methyl sites for hydroxylation is 2. The van der Waals surface area contributed by atoms with Gasteiger partial charge in [-0.1, -0.05) is 29.3 Å². The summed E-state index contributed by atoms with van der Waals surface area (Å²) < 4.78 is 1.67. The normalized spacial score (nSPS) is 11.1. The zero-order valence-corrected chi connectivity index (χ0v) is 11.5. The van der Waals surface area contributed by atoms with Crippen LogP contribution in [0, 0.1) is 13.8 Å². The molecule has 0 spiro atoms. The molecule has 3 rings (SSSR count). The second-order valence-electron chi connectivity index (χ2n) is 5.04. The van der Waals surface area contributed by atoms with Crippen LogP contribution in [0.15, 0.2) is 24.4 Å². The number of nitrogens with two attached hydrogens (primary N) is 2. The van der Waals surface area contributed by atoms with Crippen molar-refractivity contribution in [1.82, 2.24) is 19.6 Å². The maximum Gasteiger partial charge on any atom is 0.226 e. The van der Waals surface area contributed by atoms with Gasteiger partial charge in [0.15, 0.2) is 5.82 Å². The zero-order valence-electron chi connectivity index (χ0n) is 11.5. The lowest BCUT2D eigenvalue weighted by Crippen LogP contribution is -2.04. The molecule has 102 valence electrons. The Kier molecular flexibility index (Phi) is 2.78. The Balaban J connectivity index is 2.04. The molecule has 0 aliphatic carbocycles. The van der Waals surface area contributed by atoms with Crippen molar-refractivity contribution in [2.75, 3.05) is 11.5 Å². The molecular formula is C14H16N6. The molecule has 0 saturated carbocycles. The van der Waals surface area contributed by atoms with E-state index in [2.05, 4.69) is 47.2 Å². The van der Waals surface area contributed by atoms with Crippen molar-refractivity contribution in [2.45, 2.75) is 20.3 Å². The largest absolute Gasteiger partial charge is 0.381 e. The predicted molar refractivity (Wildman–Crippen MR) is 78.3 cm³/mol. The number of anilines is 2. The van der Waals surface area contributed by atoms with E-state index in [1.807, 2.05) is 6.20 Å². The second-order valence-corrected chi connectivity index (χ2v) is 5.04. The number of rotatable bonds is 2. The number of fused-ring (bicyclic) bond motifs is 1. The van der Waals surface area contributed by atoms with Gasteiger partial charge in [0.1, 0.15) is 0 Å². The van der Waals surface area contributed by atoms with Crippen LogP contribution in [0.2, 0.25) is 0 Å². The summed E-state index contributed by atoms with van der Waals surface area (Å²) in [5.74, 6) is 0.659.